The number of nitrogens with zero attached hydrogens (tertiary/aromatic N) is 1. The molecule has 86 valence electrons. The molecule has 0 saturated carbocycles. The Kier molecular flexibility index (Phi) is 6.38. The lowest BCUT2D eigenvalue weighted by Crippen LogP contribution is -2.43. The van der Waals surface area contributed by atoms with E-state index in [1.54, 1.807) is 0 Å². The SMILES string of the molecule is CC.CC(C)N(C)CCC1(C)CCO1. The van der Waals surface area contributed by atoms with Gasteiger partial charge in [-0.3, -0.25) is 0 Å². The minimum atomic E-state index is 0.198. The van der Waals surface area contributed by atoms with Crippen LogP contribution in [0.25, 0.3) is 0 Å². The van der Waals surface area contributed by atoms with Crippen LogP contribution in [0.4, 0.5) is 0 Å². The molecule has 1 unspecified atom stereocenters. The molecule has 1 heterocycles. The monoisotopic (exact) mass is 201 g/mol. The number of ether oxygens (including phenoxy) is 1. The molecule has 1 fully saturated rings. The van der Waals surface area contributed by atoms with Crippen molar-refractivity contribution >= 4 is 0 Å². The molecule has 0 radical (unpaired) electrons. The van der Waals surface area contributed by atoms with Gasteiger partial charge in [0.15, 0.2) is 0 Å². The topological polar surface area (TPSA) is 12.5 Å². The second-order valence-electron chi connectivity index (χ2n) is 4.37. The van der Waals surface area contributed by atoms with Gasteiger partial charge in [-0.05, 0) is 40.7 Å². The highest BCUT2D eigenvalue weighted by Gasteiger charge is 2.32. The lowest BCUT2D eigenvalue weighted by Gasteiger charge is -2.40. The predicted octanol–water partition coefficient (Wildman–Crippen LogP) is 2.92. The van der Waals surface area contributed by atoms with Gasteiger partial charge in [-0.2, -0.15) is 0 Å². The van der Waals surface area contributed by atoms with Crippen molar-refractivity contribution in [2.75, 3.05) is 20.2 Å². The molecular formula is C12H27NO. The molecule has 1 saturated heterocycles. The molecule has 0 aromatic heterocycles. The average Bonchev–Trinajstić information content (AvgIpc) is 2.14. The fourth-order valence-corrected chi connectivity index (χ4v) is 1.32. The van der Waals surface area contributed by atoms with Gasteiger partial charge in [0.1, 0.15) is 0 Å². The van der Waals surface area contributed by atoms with Crippen molar-refractivity contribution in [3.8, 4) is 0 Å². The van der Waals surface area contributed by atoms with Crippen LogP contribution in [0.1, 0.15) is 47.5 Å². The summed E-state index contributed by atoms with van der Waals surface area (Å²) in [4.78, 5) is 2.37. The summed E-state index contributed by atoms with van der Waals surface area (Å²) in [5.74, 6) is 0. The van der Waals surface area contributed by atoms with E-state index in [1.165, 1.54) is 12.8 Å². The van der Waals surface area contributed by atoms with Crippen LogP contribution in [0.3, 0.4) is 0 Å². The summed E-state index contributed by atoms with van der Waals surface area (Å²) in [7, 11) is 2.17. The molecule has 2 heteroatoms. The Morgan fingerprint density at radius 1 is 1.36 bits per heavy atom. The molecule has 1 aliphatic heterocycles. The summed E-state index contributed by atoms with van der Waals surface area (Å²) in [6, 6.07) is 0.647. The normalized spacial score (nSPS) is 25.7. The van der Waals surface area contributed by atoms with Crippen molar-refractivity contribution in [3.05, 3.63) is 0 Å². The predicted molar refractivity (Wildman–Crippen MR) is 62.7 cm³/mol. The van der Waals surface area contributed by atoms with Crippen LogP contribution in [0.15, 0.2) is 0 Å². The van der Waals surface area contributed by atoms with Gasteiger partial charge >= 0.3 is 0 Å². The van der Waals surface area contributed by atoms with Crippen molar-refractivity contribution in [3.63, 3.8) is 0 Å². The van der Waals surface area contributed by atoms with Crippen LogP contribution in [-0.2, 0) is 4.74 Å². The summed E-state index contributed by atoms with van der Waals surface area (Å²) in [5.41, 5.74) is 0.198. The fourth-order valence-electron chi connectivity index (χ4n) is 1.32. The minimum absolute atomic E-state index is 0.198. The first-order valence-corrected chi connectivity index (χ1v) is 5.88. The Labute approximate surface area is 89.6 Å². The first kappa shape index (κ1) is 13.9. The first-order valence-electron chi connectivity index (χ1n) is 5.88. The zero-order valence-electron chi connectivity index (χ0n) is 10.8. The van der Waals surface area contributed by atoms with E-state index in [0.29, 0.717) is 6.04 Å². The highest BCUT2D eigenvalue weighted by atomic mass is 16.5. The molecule has 1 aliphatic rings. The van der Waals surface area contributed by atoms with Gasteiger partial charge in [0.25, 0.3) is 0 Å². The van der Waals surface area contributed by atoms with Gasteiger partial charge in [-0.25, -0.2) is 0 Å². The Balaban J connectivity index is 0.000000791. The van der Waals surface area contributed by atoms with Gasteiger partial charge in [0.05, 0.1) is 12.2 Å². The summed E-state index contributed by atoms with van der Waals surface area (Å²) in [6.07, 6.45) is 2.40. The van der Waals surface area contributed by atoms with E-state index in [-0.39, 0.29) is 5.60 Å². The van der Waals surface area contributed by atoms with Crippen LogP contribution in [0.2, 0.25) is 0 Å². The van der Waals surface area contributed by atoms with Crippen molar-refractivity contribution in [1.29, 1.82) is 0 Å². The van der Waals surface area contributed by atoms with E-state index >= 15 is 0 Å². The molecule has 0 amide bonds. The Hall–Kier alpha value is -0.0800. The number of hydrogen-bond acceptors (Lipinski definition) is 2. The maximum atomic E-state index is 5.52. The van der Waals surface area contributed by atoms with E-state index in [9.17, 15) is 0 Å². The summed E-state index contributed by atoms with van der Waals surface area (Å²) in [6.45, 7) is 12.8. The van der Waals surface area contributed by atoms with E-state index in [2.05, 4.69) is 32.7 Å². The molecule has 0 spiro atoms. The van der Waals surface area contributed by atoms with Crippen molar-refractivity contribution in [2.24, 2.45) is 0 Å². The summed E-state index contributed by atoms with van der Waals surface area (Å²) < 4.78 is 5.52. The Morgan fingerprint density at radius 2 is 1.86 bits per heavy atom. The highest BCUT2D eigenvalue weighted by molar-refractivity contribution is 4.83. The average molecular weight is 201 g/mol. The van der Waals surface area contributed by atoms with E-state index in [0.717, 1.165) is 13.2 Å². The smallest absolute Gasteiger partial charge is 0.0688 e. The molecule has 0 aromatic rings. The van der Waals surface area contributed by atoms with Gasteiger partial charge < -0.3 is 9.64 Å². The molecule has 1 rings (SSSR count). The fraction of sp³-hybridized carbons (Fsp3) is 1.00. The Bertz CT molecular complexity index is 141. The quantitative estimate of drug-likeness (QED) is 0.693. The zero-order valence-corrected chi connectivity index (χ0v) is 10.8. The molecule has 2 nitrogen and oxygen atoms in total. The molecule has 0 bridgehead atoms. The highest BCUT2D eigenvalue weighted by Crippen LogP contribution is 2.29. The first-order chi connectivity index (χ1) is 6.53. The van der Waals surface area contributed by atoms with Crippen LogP contribution in [0.5, 0.6) is 0 Å². The second kappa shape index (κ2) is 6.41. The van der Waals surface area contributed by atoms with Gasteiger partial charge in [0, 0.05) is 12.6 Å². The molecular weight excluding hydrogens is 174 g/mol. The van der Waals surface area contributed by atoms with Gasteiger partial charge in [0.2, 0.25) is 0 Å². The van der Waals surface area contributed by atoms with Gasteiger partial charge in [-0.15, -0.1) is 0 Å². The van der Waals surface area contributed by atoms with Crippen LogP contribution in [0, 0.1) is 0 Å². The molecule has 14 heavy (non-hydrogen) atoms. The number of hydrogen-bond donors (Lipinski definition) is 0. The second-order valence-corrected chi connectivity index (χ2v) is 4.37. The van der Waals surface area contributed by atoms with Crippen molar-refractivity contribution in [2.45, 2.75) is 59.1 Å². The maximum Gasteiger partial charge on any atom is 0.0688 e. The van der Waals surface area contributed by atoms with E-state index in [4.69, 9.17) is 4.74 Å². The maximum absolute atomic E-state index is 5.52. The molecule has 0 N–H and O–H groups in total. The minimum Gasteiger partial charge on any atom is -0.375 e. The number of rotatable bonds is 4. The molecule has 0 aromatic carbocycles. The lowest BCUT2D eigenvalue weighted by molar-refractivity contribution is -0.140. The molecule has 1 atom stereocenters. The Morgan fingerprint density at radius 3 is 2.14 bits per heavy atom. The van der Waals surface area contributed by atoms with Gasteiger partial charge in [-0.1, -0.05) is 13.8 Å². The molecule has 0 aliphatic carbocycles. The van der Waals surface area contributed by atoms with Crippen LogP contribution < -0.4 is 0 Å². The summed E-state index contributed by atoms with van der Waals surface area (Å²) in [5, 5.41) is 0. The zero-order chi connectivity index (χ0) is 11.2. The summed E-state index contributed by atoms with van der Waals surface area (Å²) >= 11 is 0. The van der Waals surface area contributed by atoms with E-state index < -0.39 is 0 Å². The van der Waals surface area contributed by atoms with E-state index in [1.807, 2.05) is 13.8 Å². The third-order valence-corrected chi connectivity index (χ3v) is 2.96. The standard InChI is InChI=1S/C10H21NO.C2H6/c1-9(2)11(4)7-5-10(3)6-8-12-10;1-2/h9H,5-8H2,1-4H3;1-2H3. The van der Waals surface area contributed by atoms with Crippen molar-refractivity contribution < 1.29 is 4.74 Å². The van der Waals surface area contributed by atoms with Crippen LogP contribution in [-0.4, -0.2) is 36.7 Å². The third-order valence-electron chi connectivity index (χ3n) is 2.96. The largest absolute Gasteiger partial charge is 0.375 e. The van der Waals surface area contributed by atoms with Crippen molar-refractivity contribution in [1.82, 2.24) is 4.90 Å². The lowest BCUT2D eigenvalue weighted by atomic mass is 9.93. The third kappa shape index (κ3) is 4.43. The van der Waals surface area contributed by atoms with Crippen LogP contribution >= 0.6 is 0 Å².